The molecule has 0 bridgehead atoms. The van der Waals surface area contributed by atoms with Crippen LogP contribution >= 0.6 is 0 Å². The van der Waals surface area contributed by atoms with Gasteiger partial charge in [-0.1, -0.05) is 38.9 Å². The van der Waals surface area contributed by atoms with E-state index in [-0.39, 0.29) is 19.2 Å². The zero-order valence-corrected chi connectivity index (χ0v) is 11.6. The van der Waals surface area contributed by atoms with E-state index in [0.29, 0.717) is 5.82 Å². The molecule has 0 aromatic rings. The number of hydrogen-bond donors (Lipinski definition) is 0. The van der Waals surface area contributed by atoms with Crippen molar-refractivity contribution in [2.24, 2.45) is 0 Å². The van der Waals surface area contributed by atoms with Crippen LogP contribution in [0.15, 0.2) is 0 Å². The summed E-state index contributed by atoms with van der Waals surface area (Å²) in [7, 11) is 31.3. The van der Waals surface area contributed by atoms with Crippen molar-refractivity contribution >= 4 is 85.5 Å². The maximum atomic E-state index is 5.73. The van der Waals surface area contributed by atoms with Crippen LogP contribution < -0.4 is 0 Å². The third-order valence-corrected chi connectivity index (χ3v) is 3.34. The Morgan fingerprint density at radius 1 is 0.944 bits per heavy atom. The lowest BCUT2D eigenvalue weighted by Crippen LogP contribution is -2.65. The van der Waals surface area contributed by atoms with Gasteiger partial charge in [0.1, 0.15) is 0 Å². The number of unbranched alkanes of at least 4 members (excludes halogenated alkanes) is 1. The van der Waals surface area contributed by atoms with E-state index >= 15 is 0 Å². The van der Waals surface area contributed by atoms with Crippen molar-refractivity contribution in [3.63, 3.8) is 0 Å². The van der Waals surface area contributed by atoms with Crippen LogP contribution in [-0.2, 0) is 0 Å². The molecule has 0 aliphatic rings. The standard InChI is InChI=1S/C6H13B12/c1-3-4-5-6(2)11-16(12-7)18(15-10)17(13-8)14-9/h6H,3-5H2,1-2H3. The Hall–Kier alpha value is 0.779. The van der Waals surface area contributed by atoms with Gasteiger partial charge in [-0.05, 0) is 0 Å². The summed E-state index contributed by atoms with van der Waals surface area (Å²) in [6, 6.07) is 0. The van der Waals surface area contributed by atoms with Crippen molar-refractivity contribution in [3.8, 4) is 0 Å². The lowest BCUT2D eigenvalue weighted by molar-refractivity contribution is 0.699. The SMILES string of the molecule is [B][B]B([B][B])B([B][B])B([B][B])[B]C(C)CCCC. The van der Waals surface area contributed by atoms with Crippen LogP contribution in [0.5, 0.6) is 0 Å². The fourth-order valence-electron chi connectivity index (χ4n) is 2.16. The highest BCUT2D eigenvalue weighted by Crippen LogP contribution is 2.13. The number of rotatable bonds is 11. The maximum absolute atomic E-state index is 5.73. The normalized spacial score (nSPS) is 11.0. The van der Waals surface area contributed by atoms with Crippen LogP contribution in [0, 0.1) is 0 Å². The summed E-state index contributed by atoms with van der Waals surface area (Å²) in [6.45, 7) is 4.39. The molecule has 0 N–H and O–H groups in total. The third kappa shape index (κ3) is 6.80. The second-order valence-corrected chi connectivity index (χ2v) is 4.81. The highest BCUT2D eigenvalue weighted by Gasteiger charge is 2.30. The Morgan fingerprint density at radius 2 is 1.50 bits per heavy atom. The van der Waals surface area contributed by atoms with Gasteiger partial charge in [0.15, 0.2) is 0 Å². The molecule has 0 saturated heterocycles. The Balaban J connectivity index is 4.41. The molecule has 0 aromatic carbocycles. The maximum Gasteiger partial charge on any atom is 0.0583 e. The van der Waals surface area contributed by atoms with Gasteiger partial charge >= 0.3 is 0 Å². The average molecular weight is 215 g/mol. The molecular weight excluding hydrogens is 202 g/mol. The van der Waals surface area contributed by atoms with Crippen molar-refractivity contribution in [1.29, 1.82) is 0 Å². The molecule has 0 rings (SSSR count). The summed E-state index contributed by atoms with van der Waals surface area (Å²) in [5.41, 5.74) is 0. The van der Waals surface area contributed by atoms with E-state index in [4.69, 9.17) is 30.9 Å². The lowest BCUT2D eigenvalue weighted by Gasteiger charge is -2.29. The second kappa shape index (κ2) is 11.6. The first-order valence-electron chi connectivity index (χ1n) is 6.69. The molecule has 73 valence electrons. The molecule has 13 radical (unpaired) electrons. The molecule has 12 heteroatoms. The smallest absolute Gasteiger partial charge is 0.0583 e. The molecule has 0 aromatic heterocycles. The number of hydrogen-bond acceptors (Lipinski definition) is 0. The van der Waals surface area contributed by atoms with Gasteiger partial charge in [0.05, 0.1) is 7.17 Å². The lowest BCUT2D eigenvalue weighted by atomic mass is 8.55. The predicted molar refractivity (Wildman–Crippen MR) is 98.0 cm³/mol. The fourth-order valence-corrected chi connectivity index (χ4v) is 2.16. The highest BCUT2D eigenvalue weighted by atomic mass is 13.9. The van der Waals surface area contributed by atoms with E-state index in [0.717, 1.165) is 0 Å². The third-order valence-electron chi connectivity index (χ3n) is 3.34. The molecular formula is C6H13B12. The molecule has 0 heterocycles. The first-order chi connectivity index (χ1) is 8.64. The van der Waals surface area contributed by atoms with Gasteiger partial charge in [-0.15, -0.1) is 0 Å². The first-order valence-corrected chi connectivity index (χ1v) is 6.69. The van der Waals surface area contributed by atoms with Gasteiger partial charge in [0, 0.05) is 78.3 Å². The predicted octanol–water partition coefficient (Wildman–Crippen LogP) is -2.04. The largest absolute Gasteiger partial charge is 0.0810 e. The van der Waals surface area contributed by atoms with Gasteiger partial charge in [-0.3, -0.25) is 0 Å². The molecule has 0 aliphatic heterocycles. The Bertz CT molecular complexity index is 185. The van der Waals surface area contributed by atoms with Crippen molar-refractivity contribution in [2.45, 2.75) is 38.9 Å². The van der Waals surface area contributed by atoms with Crippen LogP contribution in [0.4, 0.5) is 0 Å². The molecule has 0 nitrogen and oxygen atoms in total. The molecule has 18 heavy (non-hydrogen) atoms. The fraction of sp³-hybridized carbons (Fsp3) is 1.00. The molecule has 0 spiro atoms. The molecule has 0 amide bonds. The van der Waals surface area contributed by atoms with Gasteiger partial charge in [0.2, 0.25) is 0 Å². The Morgan fingerprint density at radius 3 is 1.89 bits per heavy atom. The molecule has 1 unspecified atom stereocenters. The summed E-state index contributed by atoms with van der Waals surface area (Å²) in [4.78, 5) is 0. The van der Waals surface area contributed by atoms with Crippen LogP contribution in [0.2, 0.25) is 5.82 Å². The van der Waals surface area contributed by atoms with Crippen LogP contribution in [-0.4, -0.2) is 85.5 Å². The Kier molecular flexibility index (Phi) is 12.1. The summed E-state index contributed by atoms with van der Waals surface area (Å²) in [5.74, 6) is 0.508. The minimum atomic E-state index is -0.0607. The summed E-state index contributed by atoms with van der Waals surface area (Å²) in [6.07, 6.45) is 3.65. The van der Waals surface area contributed by atoms with Crippen LogP contribution in [0.25, 0.3) is 0 Å². The molecule has 1 atom stereocenters. The van der Waals surface area contributed by atoms with Crippen LogP contribution in [0.1, 0.15) is 33.1 Å². The second-order valence-electron chi connectivity index (χ2n) is 4.81. The quantitative estimate of drug-likeness (QED) is 0.348. The highest BCUT2D eigenvalue weighted by molar-refractivity contribution is 8.01. The van der Waals surface area contributed by atoms with E-state index in [9.17, 15) is 0 Å². The minimum absolute atomic E-state index is 0.0223. The van der Waals surface area contributed by atoms with E-state index in [1.807, 2.05) is 0 Å². The van der Waals surface area contributed by atoms with Crippen molar-refractivity contribution in [1.82, 2.24) is 0 Å². The van der Waals surface area contributed by atoms with Crippen molar-refractivity contribution in [3.05, 3.63) is 0 Å². The van der Waals surface area contributed by atoms with E-state index in [2.05, 4.69) is 21.0 Å². The zero-order valence-electron chi connectivity index (χ0n) is 11.6. The van der Waals surface area contributed by atoms with Crippen molar-refractivity contribution < 1.29 is 0 Å². The topological polar surface area (TPSA) is 0 Å². The van der Waals surface area contributed by atoms with Crippen molar-refractivity contribution in [2.75, 3.05) is 0 Å². The van der Waals surface area contributed by atoms with E-state index in [1.165, 1.54) is 19.3 Å². The molecule has 0 fully saturated rings. The van der Waals surface area contributed by atoms with Gasteiger partial charge in [-0.25, -0.2) is 0 Å². The monoisotopic (exact) mass is 217 g/mol. The van der Waals surface area contributed by atoms with E-state index < -0.39 is 0 Å². The molecule has 0 saturated carbocycles. The minimum Gasteiger partial charge on any atom is -0.0810 e. The van der Waals surface area contributed by atoms with E-state index in [1.54, 1.807) is 28.2 Å². The molecule has 0 aliphatic carbocycles. The van der Waals surface area contributed by atoms with Crippen LogP contribution in [0.3, 0.4) is 0 Å². The first kappa shape index (κ1) is 18.8. The van der Waals surface area contributed by atoms with Gasteiger partial charge < -0.3 is 0 Å². The average Bonchev–Trinajstić information content (AvgIpc) is 2.40. The summed E-state index contributed by atoms with van der Waals surface area (Å²) < 4.78 is 0. The van der Waals surface area contributed by atoms with Gasteiger partial charge in [0.25, 0.3) is 0 Å². The zero-order chi connectivity index (χ0) is 14.0. The summed E-state index contributed by atoms with van der Waals surface area (Å²) in [5, 5.41) is 0. The van der Waals surface area contributed by atoms with Gasteiger partial charge in [-0.2, -0.15) is 0 Å². The Labute approximate surface area is 124 Å². The summed E-state index contributed by atoms with van der Waals surface area (Å²) >= 11 is 0.